The van der Waals surface area contributed by atoms with Crippen LogP contribution in [-0.2, 0) is 14.6 Å². The Morgan fingerprint density at radius 1 is 1.30 bits per heavy atom. The van der Waals surface area contributed by atoms with Crippen LogP contribution in [0.3, 0.4) is 0 Å². The first-order valence-electron chi connectivity index (χ1n) is 6.11. The fourth-order valence-corrected chi connectivity index (χ4v) is 2.91. The van der Waals surface area contributed by atoms with Crippen molar-refractivity contribution in [1.82, 2.24) is 4.90 Å². The van der Waals surface area contributed by atoms with Gasteiger partial charge in [-0.05, 0) is 32.9 Å². The van der Waals surface area contributed by atoms with Crippen LogP contribution >= 0.6 is 0 Å². The minimum absolute atomic E-state index is 0.397. The topological polar surface area (TPSA) is 105 Å². The van der Waals surface area contributed by atoms with E-state index in [1.54, 1.807) is 13.8 Å². The lowest BCUT2D eigenvalue weighted by Crippen LogP contribution is -2.41. The van der Waals surface area contributed by atoms with Crippen LogP contribution < -0.4 is 0 Å². The molecule has 20 heavy (non-hydrogen) atoms. The maximum Gasteiger partial charge on any atom is 0.371 e. The zero-order valence-electron chi connectivity index (χ0n) is 11.5. The number of rotatable bonds is 6. The Bertz CT molecular complexity index is 599. The zero-order chi connectivity index (χ0) is 15.5. The van der Waals surface area contributed by atoms with Crippen molar-refractivity contribution in [2.45, 2.75) is 31.1 Å². The molecule has 0 aromatic carbocycles. The molecule has 7 nitrogen and oxygen atoms in total. The van der Waals surface area contributed by atoms with Crippen LogP contribution in [-0.4, -0.2) is 48.6 Å². The number of nitrogens with zero attached hydrogens (tertiary/aromatic N) is 1. The van der Waals surface area contributed by atoms with Crippen LogP contribution in [0.5, 0.6) is 0 Å². The molecule has 1 atom stereocenters. The molecule has 0 fully saturated rings. The molecule has 0 aliphatic heterocycles. The highest BCUT2D eigenvalue weighted by Crippen LogP contribution is 2.20. The predicted molar refractivity (Wildman–Crippen MR) is 70.2 cm³/mol. The first-order valence-corrected chi connectivity index (χ1v) is 7.66. The SMILES string of the molecule is CCN(CC)C(=O)C(C)S(=O)(=O)c1ccc(C(=O)O)o1. The van der Waals surface area contributed by atoms with Crippen molar-refractivity contribution in [2.24, 2.45) is 0 Å². The molecular weight excluding hydrogens is 286 g/mol. The number of carboxylic acid groups (broad SMARTS) is 1. The van der Waals surface area contributed by atoms with Gasteiger partial charge in [0.05, 0.1) is 0 Å². The molecule has 1 amide bonds. The highest BCUT2D eigenvalue weighted by Gasteiger charge is 2.34. The van der Waals surface area contributed by atoms with Gasteiger partial charge in [-0.1, -0.05) is 0 Å². The highest BCUT2D eigenvalue weighted by atomic mass is 32.2. The molecule has 0 aliphatic carbocycles. The maximum atomic E-state index is 12.2. The summed E-state index contributed by atoms with van der Waals surface area (Å²) in [6.45, 7) is 5.55. The largest absolute Gasteiger partial charge is 0.475 e. The molecule has 0 saturated carbocycles. The van der Waals surface area contributed by atoms with E-state index in [1.165, 1.54) is 11.8 Å². The van der Waals surface area contributed by atoms with Gasteiger partial charge in [-0.15, -0.1) is 0 Å². The van der Waals surface area contributed by atoms with E-state index >= 15 is 0 Å². The second-order valence-electron chi connectivity index (χ2n) is 4.12. The van der Waals surface area contributed by atoms with E-state index in [9.17, 15) is 18.0 Å². The number of aromatic carboxylic acids is 1. The standard InChI is InChI=1S/C12H17NO6S/c1-4-13(5-2)11(14)8(3)20(17,18)10-7-6-9(19-10)12(15)16/h6-8H,4-5H2,1-3H3,(H,15,16). The number of hydrogen-bond acceptors (Lipinski definition) is 5. The fourth-order valence-electron chi connectivity index (χ4n) is 1.69. The van der Waals surface area contributed by atoms with Crippen LogP contribution in [0, 0.1) is 0 Å². The number of carbonyl (C=O) groups is 2. The molecule has 1 unspecified atom stereocenters. The number of sulfone groups is 1. The van der Waals surface area contributed by atoms with E-state index in [1.807, 2.05) is 0 Å². The zero-order valence-corrected chi connectivity index (χ0v) is 12.3. The molecule has 8 heteroatoms. The van der Waals surface area contributed by atoms with Gasteiger partial charge in [-0.25, -0.2) is 13.2 Å². The fraction of sp³-hybridized carbons (Fsp3) is 0.500. The molecule has 1 N–H and O–H groups in total. The molecule has 1 aromatic heterocycles. The summed E-state index contributed by atoms with van der Waals surface area (Å²) in [6.07, 6.45) is 0. The van der Waals surface area contributed by atoms with Gasteiger partial charge in [0.25, 0.3) is 0 Å². The monoisotopic (exact) mass is 303 g/mol. The van der Waals surface area contributed by atoms with Gasteiger partial charge in [0, 0.05) is 13.1 Å². The normalized spacial score (nSPS) is 12.9. The molecule has 0 bridgehead atoms. The third kappa shape index (κ3) is 3.01. The Hall–Kier alpha value is -1.83. The summed E-state index contributed by atoms with van der Waals surface area (Å²) in [7, 11) is -4.04. The van der Waals surface area contributed by atoms with Crippen molar-refractivity contribution in [3.05, 3.63) is 17.9 Å². The average molecular weight is 303 g/mol. The molecule has 1 rings (SSSR count). The smallest absolute Gasteiger partial charge is 0.371 e. The summed E-state index contributed by atoms with van der Waals surface area (Å²) in [4.78, 5) is 24.1. The van der Waals surface area contributed by atoms with E-state index in [4.69, 9.17) is 9.52 Å². The van der Waals surface area contributed by atoms with Crippen LogP contribution in [0.1, 0.15) is 31.3 Å². The second kappa shape index (κ2) is 6.08. The Labute approximate surface area is 117 Å². The Balaban J connectivity index is 3.08. The number of carbonyl (C=O) groups excluding carboxylic acids is 1. The van der Waals surface area contributed by atoms with Gasteiger partial charge >= 0.3 is 5.97 Å². The summed E-state index contributed by atoms with van der Waals surface area (Å²) >= 11 is 0. The molecular formula is C12H17NO6S. The minimum atomic E-state index is -4.04. The summed E-state index contributed by atoms with van der Waals surface area (Å²) < 4.78 is 29.2. The van der Waals surface area contributed by atoms with Gasteiger partial charge in [0.15, 0.2) is 0 Å². The number of amides is 1. The Morgan fingerprint density at radius 2 is 1.85 bits per heavy atom. The second-order valence-corrected chi connectivity index (χ2v) is 6.32. The van der Waals surface area contributed by atoms with Crippen LogP contribution in [0.4, 0.5) is 0 Å². The lowest BCUT2D eigenvalue weighted by molar-refractivity contribution is -0.130. The average Bonchev–Trinajstić information content (AvgIpc) is 2.89. The molecule has 0 aliphatic rings. The van der Waals surface area contributed by atoms with Crippen molar-refractivity contribution < 1.29 is 27.5 Å². The first-order chi connectivity index (χ1) is 9.25. The van der Waals surface area contributed by atoms with Crippen molar-refractivity contribution in [1.29, 1.82) is 0 Å². The van der Waals surface area contributed by atoms with Crippen molar-refractivity contribution in [3.8, 4) is 0 Å². The van der Waals surface area contributed by atoms with E-state index < -0.39 is 37.8 Å². The number of hydrogen-bond donors (Lipinski definition) is 1. The summed E-state index contributed by atoms with van der Waals surface area (Å²) in [6, 6.07) is 2.09. The molecule has 0 spiro atoms. The number of furan rings is 1. The van der Waals surface area contributed by atoms with Gasteiger partial charge < -0.3 is 14.4 Å². The number of carboxylic acids is 1. The van der Waals surface area contributed by atoms with Crippen LogP contribution in [0.25, 0.3) is 0 Å². The van der Waals surface area contributed by atoms with Gasteiger partial charge in [-0.3, -0.25) is 4.79 Å². The third-order valence-electron chi connectivity index (χ3n) is 2.96. The Morgan fingerprint density at radius 3 is 2.25 bits per heavy atom. The van der Waals surface area contributed by atoms with Gasteiger partial charge in [-0.2, -0.15) is 0 Å². The van der Waals surface area contributed by atoms with E-state index in [0.717, 1.165) is 12.1 Å². The molecule has 112 valence electrons. The van der Waals surface area contributed by atoms with Crippen LogP contribution in [0.15, 0.2) is 21.6 Å². The van der Waals surface area contributed by atoms with E-state index in [0.29, 0.717) is 13.1 Å². The van der Waals surface area contributed by atoms with Crippen molar-refractivity contribution >= 4 is 21.7 Å². The van der Waals surface area contributed by atoms with E-state index in [2.05, 4.69) is 0 Å². The lowest BCUT2D eigenvalue weighted by atomic mass is 10.4. The highest BCUT2D eigenvalue weighted by molar-refractivity contribution is 7.92. The first kappa shape index (κ1) is 16.2. The Kier molecular flexibility index (Phi) is 4.93. The van der Waals surface area contributed by atoms with Crippen molar-refractivity contribution in [3.63, 3.8) is 0 Å². The summed E-state index contributed by atoms with van der Waals surface area (Å²) in [5.41, 5.74) is 0. The summed E-state index contributed by atoms with van der Waals surface area (Å²) in [5, 5.41) is 6.88. The molecule has 1 aromatic rings. The van der Waals surface area contributed by atoms with Crippen LogP contribution in [0.2, 0.25) is 0 Å². The predicted octanol–water partition coefficient (Wildman–Crippen LogP) is 1.01. The summed E-state index contributed by atoms with van der Waals surface area (Å²) in [5.74, 6) is -2.39. The van der Waals surface area contributed by atoms with Crippen molar-refractivity contribution in [2.75, 3.05) is 13.1 Å². The third-order valence-corrected chi connectivity index (χ3v) is 4.87. The molecule has 0 saturated heterocycles. The lowest BCUT2D eigenvalue weighted by Gasteiger charge is -2.22. The minimum Gasteiger partial charge on any atom is -0.475 e. The molecule has 1 heterocycles. The van der Waals surface area contributed by atoms with Gasteiger partial charge in [0.2, 0.25) is 26.6 Å². The quantitative estimate of drug-likeness (QED) is 0.840. The maximum absolute atomic E-state index is 12.2. The van der Waals surface area contributed by atoms with Gasteiger partial charge in [0.1, 0.15) is 5.25 Å². The molecule has 0 radical (unpaired) electrons. The van der Waals surface area contributed by atoms with E-state index in [-0.39, 0.29) is 0 Å².